The summed E-state index contributed by atoms with van der Waals surface area (Å²) in [4.78, 5) is 18.4. The Morgan fingerprint density at radius 1 is 1.15 bits per heavy atom. The van der Waals surface area contributed by atoms with Gasteiger partial charge in [-0.3, -0.25) is 4.79 Å². The standard InChI is InChI=1S/C23H27N3O5S3/c1-30-16-6-9-18(10-7-16)34(28,29)26-12-4-5-19(26)22(27)24-23-25(13-14-32-3)20-15-17(31-2)8-11-21(20)33-23/h6-11,15,19H,4-5,12-14H2,1-3H3. The molecular weight excluding hydrogens is 494 g/mol. The maximum atomic E-state index is 13.3. The molecule has 34 heavy (non-hydrogen) atoms. The lowest BCUT2D eigenvalue weighted by molar-refractivity contribution is -0.121. The molecule has 11 heteroatoms. The molecular formula is C23H27N3O5S3. The summed E-state index contributed by atoms with van der Waals surface area (Å²) in [5.74, 6) is 1.71. The molecule has 1 aromatic heterocycles. The zero-order valence-electron chi connectivity index (χ0n) is 19.3. The maximum Gasteiger partial charge on any atom is 0.266 e. The van der Waals surface area contributed by atoms with Crippen LogP contribution in [-0.4, -0.2) is 62.0 Å². The van der Waals surface area contributed by atoms with Gasteiger partial charge in [-0.1, -0.05) is 11.3 Å². The van der Waals surface area contributed by atoms with Gasteiger partial charge in [0.05, 0.1) is 29.3 Å². The lowest BCUT2D eigenvalue weighted by atomic mass is 10.2. The number of methoxy groups -OCH3 is 2. The molecule has 3 aromatic rings. The highest BCUT2D eigenvalue weighted by atomic mass is 32.2. The Bertz CT molecular complexity index is 1350. The number of aromatic nitrogens is 1. The number of sulfonamides is 1. The van der Waals surface area contributed by atoms with Crippen LogP contribution in [0.5, 0.6) is 11.5 Å². The summed E-state index contributed by atoms with van der Waals surface area (Å²) in [7, 11) is -0.693. The molecule has 0 radical (unpaired) electrons. The molecule has 2 aromatic carbocycles. The highest BCUT2D eigenvalue weighted by molar-refractivity contribution is 7.98. The summed E-state index contributed by atoms with van der Waals surface area (Å²) in [5.41, 5.74) is 0.944. The van der Waals surface area contributed by atoms with Crippen molar-refractivity contribution in [2.24, 2.45) is 4.99 Å². The van der Waals surface area contributed by atoms with E-state index in [1.807, 2.05) is 29.0 Å². The van der Waals surface area contributed by atoms with Crippen LogP contribution >= 0.6 is 23.1 Å². The minimum Gasteiger partial charge on any atom is -0.497 e. The Hall–Kier alpha value is -2.34. The minimum absolute atomic E-state index is 0.136. The largest absolute Gasteiger partial charge is 0.497 e. The third-order valence-electron chi connectivity index (χ3n) is 5.77. The fraction of sp³-hybridized carbons (Fsp3) is 0.391. The molecule has 0 saturated carbocycles. The van der Waals surface area contributed by atoms with E-state index < -0.39 is 22.0 Å². The summed E-state index contributed by atoms with van der Waals surface area (Å²) in [6.45, 7) is 0.968. The molecule has 1 atom stereocenters. The molecule has 1 saturated heterocycles. The second kappa shape index (κ2) is 10.5. The van der Waals surface area contributed by atoms with Crippen LogP contribution in [0.1, 0.15) is 12.8 Å². The van der Waals surface area contributed by atoms with Gasteiger partial charge in [-0.15, -0.1) is 0 Å². The fourth-order valence-corrected chi connectivity index (χ4v) is 7.04. The van der Waals surface area contributed by atoms with Gasteiger partial charge in [0.25, 0.3) is 5.91 Å². The van der Waals surface area contributed by atoms with E-state index in [9.17, 15) is 13.2 Å². The van der Waals surface area contributed by atoms with Gasteiger partial charge in [0, 0.05) is 24.9 Å². The van der Waals surface area contributed by atoms with Crippen LogP contribution in [0.25, 0.3) is 10.2 Å². The minimum atomic E-state index is -3.83. The van der Waals surface area contributed by atoms with E-state index in [4.69, 9.17) is 9.47 Å². The Kier molecular flexibility index (Phi) is 7.66. The van der Waals surface area contributed by atoms with Crippen molar-refractivity contribution in [2.75, 3.05) is 32.8 Å². The zero-order chi connectivity index (χ0) is 24.3. The van der Waals surface area contributed by atoms with E-state index in [0.29, 0.717) is 29.9 Å². The second-order valence-electron chi connectivity index (χ2n) is 7.76. The Balaban J connectivity index is 1.69. The predicted octanol–water partition coefficient (Wildman–Crippen LogP) is 3.36. The van der Waals surface area contributed by atoms with Crippen molar-refractivity contribution in [1.82, 2.24) is 8.87 Å². The molecule has 1 unspecified atom stereocenters. The van der Waals surface area contributed by atoms with Crippen LogP contribution in [0, 0.1) is 0 Å². The molecule has 8 nitrogen and oxygen atoms in total. The van der Waals surface area contributed by atoms with Gasteiger partial charge in [-0.05, 0) is 55.5 Å². The van der Waals surface area contributed by atoms with Gasteiger partial charge >= 0.3 is 0 Å². The number of hydrogen-bond donors (Lipinski definition) is 0. The molecule has 1 aliphatic heterocycles. The first-order chi connectivity index (χ1) is 16.4. The number of hydrogen-bond acceptors (Lipinski definition) is 7. The lowest BCUT2D eigenvalue weighted by Gasteiger charge is -2.21. The fourth-order valence-electron chi connectivity index (χ4n) is 3.99. The molecule has 0 spiro atoms. The number of aryl methyl sites for hydroxylation is 1. The van der Waals surface area contributed by atoms with Crippen molar-refractivity contribution in [3.8, 4) is 11.5 Å². The highest BCUT2D eigenvalue weighted by Gasteiger charge is 2.39. The zero-order valence-corrected chi connectivity index (χ0v) is 21.7. The summed E-state index contributed by atoms with van der Waals surface area (Å²) in [6, 6.07) is 11.2. The van der Waals surface area contributed by atoms with Crippen LogP contribution in [0.4, 0.5) is 0 Å². The number of rotatable bonds is 8. The maximum absolute atomic E-state index is 13.3. The molecule has 0 bridgehead atoms. The summed E-state index contributed by atoms with van der Waals surface area (Å²) < 4.78 is 41.4. The highest BCUT2D eigenvalue weighted by Crippen LogP contribution is 2.28. The van der Waals surface area contributed by atoms with E-state index in [1.54, 1.807) is 31.0 Å². The lowest BCUT2D eigenvalue weighted by Crippen LogP contribution is -2.40. The average Bonchev–Trinajstić information content (AvgIpc) is 3.48. The molecule has 1 fully saturated rings. The normalized spacial score (nSPS) is 17.4. The third-order valence-corrected chi connectivity index (χ3v) is 9.34. The van der Waals surface area contributed by atoms with Crippen LogP contribution in [0.15, 0.2) is 52.4 Å². The average molecular weight is 522 g/mol. The van der Waals surface area contributed by atoms with Gasteiger partial charge in [-0.25, -0.2) is 8.42 Å². The van der Waals surface area contributed by atoms with Gasteiger partial charge in [0.1, 0.15) is 17.5 Å². The smallest absolute Gasteiger partial charge is 0.266 e. The van der Waals surface area contributed by atoms with Crippen LogP contribution in [0.3, 0.4) is 0 Å². The monoisotopic (exact) mass is 521 g/mol. The van der Waals surface area contributed by atoms with Crippen molar-refractivity contribution in [2.45, 2.75) is 30.3 Å². The van der Waals surface area contributed by atoms with Crippen molar-refractivity contribution < 1.29 is 22.7 Å². The predicted molar refractivity (Wildman–Crippen MR) is 135 cm³/mol. The number of amides is 1. The molecule has 1 amide bonds. The van der Waals surface area contributed by atoms with Gasteiger partial charge in [0.2, 0.25) is 10.0 Å². The van der Waals surface area contributed by atoms with Gasteiger partial charge in [-0.2, -0.15) is 21.1 Å². The quantitative estimate of drug-likeness (QED) is 0.452. The van der Waals surface area contributed by atoms with Gasteiger partial charge < -0.3 is 14.0 Å². The number of carbonyl (C=O) groups excluding carboxylic acids is 1. The number of nitrogens with zero attached hydrogens (tertiary/aromatic N) is 3. The van der Waals surface area contributed by atoms with Crippen molar-refractivity contribution in [1.29, 1.82) is 0 Å². The Labute approximate surface area is 207 Å². The topological polar surface area (TPSA) is 90.2 Å². The molecule has 4 rings (SSSR count). The summed E-state index contributed by atoms with van der Waals surface area (Å²) in [6.07, 6.45) is 3.08. The van der Waals surface area contributed by atoms with Crippen molar-refractivity contribution in [3.63, 3.8) is 0 Å². The number of benzene rings is 2. The van der Waals surface area contributed by atoms with E-state index in [2.05, 4.69) is 4.99 Å². The van der Waals surface area contributed by atoms with Crippen molar-refractivity contribution >= 4 is 49.2 Å². The van der Waals surface area contributed by atoms with Crippen molar-refractivity contribution in [3.05, 3.63) is 47.3 Å². The molecule has 0 aliphatic carbocycles. The number of thiazole rings is 1. The van der Waals surface area contributed by atoms with E-state index in [-0.39, 0.29) is 11.4 Å². The first-order valence-electron chi connectivity index (χ1n) is 10.8. The molecule has 2 heterocycles. The Morgan fingerprint density at radius 3 is 2.53 bits per heavy atom. The van der Waals surface area contributed by atoms with E-state index in [1.165, 1.54) is 34.9 Å². The van der Waals surface area contributed by atoms with Crippen LogP contribution in [0.2, 0.25) is 0 Å². The Morgan fingerprint density at radius 2 is 1.85 bits per heavy atom. The van der Waals surface area contributed by atoms with E-state index in [0.717, 1.165) is 21.7 Å². The number of thioether (sulfide) groups is 1. The first-order valence-corrected chi connectivity index (χ1v) is 14.4. The molecule has 182 valence electrons. The number of carbonyl (C=O) groups is 1. The summed E-state index contributed by atoms with van der Waals surface area (Å²) >= 11 is 3.12. The first kappa shape index (κ1) is 24.8. The number of ether oxygens (including phenoxy) is 2. The second-order valence-corrected chi connectivity index (χ2v) is 11.6. The number of fused-ring (bicyclic) bond motifs is 1. The third kappa shape index (κ3) is 4.88. The molecule has 0 N–H and O–H groups in total. The van der Waals surface area contributed by atoms with Gasteiger partial charge in [0.15, 0.2) is 4.80 Å². The van der Waals surface area contributed by atoms with Crippen LogP contribution < -0.4 is 14.3 Å². The summed E-state index contributed by atoms with van der Waals surface area (Å²) in [5, 5.41) is 0. The van der Waals surface area contributed by atoms with Crippen LogP contribution in [-0.2, 0) is 21.4 Å². The molecule has 1 aliphatic rings. The SMILES string of the molecule is COc1ccc(S(=O)(=O)N2CCCC2C(=O)N=c2sc3ccc(OC)cc3n2CCSC)cc1. The van der Waals surface area contributed by atoms with E-state index >= 15 is 0 Å².